The van der Waals surface area contributed by atoms with Crippen LogP contribution in [0.15, 0.2) is 76.4 Å². The molecule has 36 heavy (non-hydrogen) atoms. The van der Waals surface area contributed by atoms with Gasteiger partial charge < -0.3 is 10.6 Å². The minimum atomic E-state index is -0.488. The molecule has 0 atom stereocenters. The van der Waals surface area contributed by atoms with Crippen molar-refractivity contribution in [1.82, 2.24) is 20.1 Å². The van der Waals surface area contributed by atoms with E-state index in [4.69, 9.17) is 0 Å². The van der Waals surface area contributed by atoms with Crippen LogP contribution in [-0.2, 0) is 11.3 Å². The lowest BCUT2D eigenvalue weighted by atomic mass is 10.1. The molecule has 0 saturated heterocycles. The van der Waals surface area contributed by atoms with Gasteiger partial charge in [-0.25, -0.2) is 4.39 Å². The molecule has 4 aromatic rings. The Bertz CT molecular complexity index is 1410. The van der Waals surface area contributed by atoms with Crippen LogP contribution in [0.3, 0.4) is 0 Å². The molecule has 0 aliphatic heterocycles. The van der Waals surface area contributed by atoms with Gasteiger partial charge in [-0.2, -0.15) is 0 Å². The quantitative estimate of drug-likeness (QED) is 0.276. The van der Waals surface area contributed by atoms with Gasteiger partial charge >= 0.3 is 0 Å². The second kappa shape index (κ2) is 11.5. The summed E-state index contributed by atoms with van der Waals surface area (Å²) in [5, 5.41) is 14.7. The Hall–Kier alpha value is -3.50. The van der Waals surface area contributed by atoms with Gasteiger partial charge in [0.1, 0.15) is 5.82 Å². The molecule has 0 spiro atoms. The first kappa shape index (κ1) is 25.6. The maximum Gasteiger partial charge on any atom is 0.251 e. The van der Waals surface area contributed by atoms with Gasteiger partial charge in [-0.1, -0.05) is 45.9 Å². The number of nitrogens with one attached hydrogen (secondary N) is 2. The molecule has 1 heterocycles. The van der Waals surface area contributed by atoms with E-state index in [9.17, 15) is 14.0 Å². The first-order valence-corrected chi connectivity index (χ1v) is 12.8. The van der Waals surface area contributed by atoms with Crippen LogP contribution in [-0.4, -0.2) is 32.3 Å². The van der Waals surface area contributed by atoms with Gasteiger partial charge in [-0.15, -0.1) is 10.2 Å². The monoisotopic (exact) mass is 567 g/mol. The number of nitrogens with zero attached hydrogens (tertiary/aromatic N) is 3. The summed E-state index contributed by atoms with van der Waals surface area (Å²) in [6.07, 6.45) is 0. The van der Waals surface area contributed by atoms with E-state index in [0.29, 0.717) is 11.0 Å². The molecule has 7 nitrogen and oxygen atoms in total. The van der Waals surface area contributed by atoms with Gasteiger partial charge in [-0.05, 0) is 73.5 Å². The van der Waals surface area contributed by atoms with Gasteiger partial charge in [0.05, 0.1) is 12.3 Å². The topological polar surface area (TPSA) is 88.9 Å². The van der Waals surface area contributed by atoms with Crippen molar-refractivity contribution < 1.29 is 14.0 Å². The van der Waals surface area contributed by atoms with Gasteiger partial charge in [0.25, 0.3) is 5.91 Å². The Balaban J connectivity index is 1.51. The van der Waals surface area contributed by atoms with E-state index in [2.05, 4.69) is 36.8 Å². The van der Waals surface area contributed by atoms with Crippen LogP contribution in [0.1, 0.15) is 27.3 Å². The number of halogens is 2. The number of carbonyl (C=O) groups is 2. The number of amides is 2. The summed E-state index contributed by atoms with van der Waals surface area (Å²) < 4.78 is 16.2. The van der Waals surface area contributed by atoms with Gasteiger partial charge in [0.15, 0.2) is 11.0 Å². The van der Waals surface area contributed by atoms with Crippen LogP contribution >= 0.6 is 27.7 Å². The van der Waals surface area contributed by atoms with Crippen molar-refractivity contribution in [3.8, 4) is 5.69 Å². The molecule has 0 radical (unpaired) electrons. The zero-order valence-corrected chi connectivity index (χ0v) is 22.0. The maximum absolute atomic E-state index is 13.5. The molecule has 0 bridgehead atoms. The van der Waals surface area contributed by atoms with E-state index >= 15 is 0 Å². The Morgan fingerprint density at radius 3 is 2.56 bits per heavy atom. The Morgan fingerprint density at radius 2 is 1.81 bits per heavy atom. The zero-order chi connectivity index (χ0) is 25.7. The van der Waals surface area contributed by atoms with Gasteiger partial charge in [0, 0.05) is 21.4 Å². The second-order valence-electron chi connectivity index (χ2n) is 8.06. The highest BCUT2D eigenvalue weighted by atomic mass is 79.9. The average molecular weight is 568 g/mol. The summed E-state index contributed by atoms with van der Waals surface area (Å²) in [5.74, 6) is -0.488. The fraction of sp³-hybridized carbons (Fsp3) is 0.154. The molecule has 10 heteroatoms. The Kier molecular flexibility index (Phi) is 8.17. The van der Waals surface area contributed by atoms with Crippen LogP contribution in [0.2, 0.25) is 0 Å². The molecule has 2 amide bonds. The first-order valence-electron chi connectivity index (χ1n) is 11.0. The predicted octanol–water partition coefficient (Wildman–Crippen LogP) is 5.45. The van der Waals surface area contributed by atoms with Crippen LogP contribution in [0.25, 0.3) is 5.69 Å². The van der Waals surface area contributed by atoms with E-state index in [1.165, 1.54) is 36.0 Å². The van der Waals surface area contributed by atoms with Gasteiger partial charge in [0.2, 0.25) is 5.91 Å². The highest BCUT2D eigenvalue weighted by Gasteiger charge is 2.17. The molecule has 3 aromatic carbocycles. The highest BCUT2D eigenvalue weighted by molar-refractivity contribution is 9.10. The van der Waals surface area contributed by atoms with E-state index in [0.717, 1.165) is 27.0 Å². The predicted molar refractivity (Wildman–Crippen MR) is 142 cm³/mol. The van der Waals surface area contributed by atoms with Crippen molar-refractivity contribution in [2.24, 2.45) is 0 Å². The molecule has 0 aliphatic carbocycles. The summed E-state index contributed by atoms with van der Waals surface area (Å²) in [4.78, 5) is 25.2. The number of hydrogen-bond acceptors (Lipinski definition) is 5. The minimum absolute atomic E-state index is 0.0631. The van der Waals surface area contributed by atoms with Crippen molar-refractivity contribution >= 4 is 45.2 Å². The fourth-order valence-electron chi connectivity index (χ4n) is 3.44. The Morgan fingerprint density at radius 1 is 1.03 bits per heavy atom. The van der Waals surface area contributed by atoms with Crippen LogP contribution < -0.4 is 10.6 Å². The molecule has 4 rings (SSSR count). The lowest BCUT2D eigenvalue weighted by Crippen LogP contribution is -2.24. The molecule has 184 valence electrons. The average Bonchev–Trinajstić information content (AvgIpc) is 3.26. The summed E-state index contributed by atoms with van der Waals surface area (Å²) in [7, 11) is 0. The number of aromatic nitrogens is 3. The van der Waals surface area contributed by atoms with Crippen molar-refractivity contribution in [1.29, 1.82) is 0 Å². The molecule has 0 unspecified atom stereocenters. The number of rotatable bonds is 8. The van der Waals surface area contributed by atoms with E-state index in [1.807, 2.05) is 56.3 Å². The zero-order valence-electron chi connectivity index (χ0n) is 19.6. The molecule has 0 aliphatic rings. The third-order valence-electron chi connectivity index (χ3n) is 5.28. The number of hydrogen-bond donors (Lipinski definition) is 2. The van der Waals surface area contributed by atoms with Crippen LogP contribution in [0.5, 0.6) is 0 Å². The third kappa shape index (κ3) is 6.38. The molecule has 2 N–H and O–H groups in total. The van der Waals surface area contributed by atoms with E-state index in [1.54, 1.807) is 4.57 Å². The Labute approximate surface area is 220 Å². The summed E-state index contributed by atoms with van der Waals surface area (Å²) in [6.45, 7) is 3.98. The molecular formula is C26H23BrFN5O2S. The number of thioether (sulfide) groups is 1. The minimum Gasteiger partial charge on any atom is -0.345 e. The summed E-state index contributed by atoms with van der Waals surface area (Å²) in [6, 6.07) is 18.9. The van der Waals surface area contributed by atoms with Crippen LogP contribution in [0.4, 0.5) is 10.1 Å². The SMILES string of the molecule is Cc1ccc(C)c(NC(=O)CSc2nnc(CNC(=O)c3cccc(F)c3)n2-c2ccc(Br)cc2)c1. The van der Waals surface area contributed by atoms with Crippen molar-refractivity contribution in [2.75, 3.05) is 11.1 Å². The lowest BCUT2D eigenvalue weighted by Gasteiger charge is -2.12. The standard InChI is InChI=1S/C26H23BrFN5O2S/c1-16-6-7-17(2)22(12-16)30-24(34)15-36-26-32-31-23(33(26)21-10-8-19(27)9-11-21)14-29-25(35)18-4-3-5-20(28)13-18/h3-13H,14-15H2,1-2H3,(H,29,35)(H,30,34). The molecule has 0 fully saturated rings. The number of aryl methyl sites for hydroxylation is 2. The van der Waals surface area contributed by atoms with Crippen LogP contribution in [0, 0.1) is 19.7 Å². The second-order valence-corrected chi connectivity index (χ2v) is 9.92. The molecular weight excluding hydrogens is 545 g/mol. The molecule has 0 saturated carbocycles. The third-order valence-corrected chi connectivity index (χ3v) is 6.74. The summed E-state index contributed by atoms with van der Waals surface area (Å²) >= 11 is 4.67. The number of carbonyl (C=O) groups excluding carboxylic acids is 2. The van der Waals surface area contributed by atoms with Crippen molar-refractivity contribution in [3.63, 3.8) is 0 Å². The highest BCUT2D eigenvalue weighted by Crippen LogP contribution is 2.24. The normalized spacial score (nSPS) is 10.8. The number of benzene rings is 3. The van der Waals surface area contributed by atoms with E-state index < -0.39 is 11.7 Å². The first-order chi connectivity index (χ1) is 17.3. The fourth-order valence-corrected chi connectivity index (χ4v) is 4.47. The summed E-state index contributed by atoms with van der Waals surface area (Å²) in [5.41, 5.74) is 3.80. The smallest absolute Gasteiger partial charge is 0.251 e. The molecule has 1 aromatic heterocycles. The largest absolute Gasteiger partial charge is 0.345 e. The maximum atomic E-state index is 13.5. The lowest BCUT2D eigenvalue weighted by molar-refractivity contribution is -0.113. The van der Waals surface area contributed by atoms with Crippen molar-refractivity contribution in [3.05, 3.63) is 99.5 Å². The van der Waals surface area contributed by atoms with Gasteiger partial charge in [-0.3, -0.25) is 14.2 Å². The van der Waals surface area contributed by atoms with Crippen molar-refractivity contribution in [2.45, 2.75) is 25.5 Å². The number of anilines is 1. The van der Waals surface area contributed by atoms with E-state index in [-0.39, 0.29) is 23.8 Å².